The van der Waals surface area contributed by atoms with Crippen LogP contribution in [0.1, 0.15) is 44.9 Å². The topological polar surface area (TPSA) is 136 Å². The lowest BCUT2D eigenvalue weighted by atomic mass is 9.98. The average Bonchev–Trinajstić information content (AvgIpc) is 2.93. The first-order chi connectivity index (χ1) is 20.0. The summed E-state index contributed by atoms with van der Waals surface area (Å²) in [7, 11) is 0. The Bertz CT molecular complexity index is 1280. The van der Waals surface area contributed by atoms with E-state index in [1.54, 1.807) is 0 Å². The zero-order valence-electron chi connectivity index (χ0n) is 24.2. The van der Waals surface area contributed by atoms with Gasteiger partial charge in [-0.15, -0.1) is 0 Å². The van der Waals surface area contributed by atoms with Crippen molar-refractivity contribution in [2.24, 2.45) is 0 Å². The van der Waals surface area contributed by atoms with Gasteiger partial charge in [0.1, 0.15) is 25.4 Å². The molecule has 3 rings (SSSR count). The maximum atomic E-state index is 12.0. The van der Waals surface area contributed by atoms with Gasteiger partial charge < -0.3 is 33.7 Å². The van der Waals surface area contributed by atoms with Crippen LogP contribution in [0.15, 0.2) is 54.6 Å². The van der Waals surface area contributed by atoms with E-state index in [-0.39, 0.29) is 19.3 Å². The number of hydrogen-bond acceptors (Lipinski definition) is 11. The Kier molecular flexibility index (Phi) is 11.9. The lowest BCUT2D eigenvalue weighted by Crippen LogP contribution is -2.63. The Balaban J connectivity index is 1.85. The Labute approximate surface area is 244 Å². The largest absolute Gasteiger partial charge is 0.463 e. The van der Waals surface area contributed by atoms with Gasteiger partial charge in [-0.05, 0) is 24.6 Å². The number of carbonyl (C=O) groups is 4. The molecule has 0 spiro atoms. The number of esters is 4. The predicted molar refractivity (Wildman–Crippen MR) is 150 cm³/mol. The second kappa shape index (κ2) is 15.6. The first kappa shape index (κ1) is 32.1. The molecule has 1 aliphatic rings. The molecule has 0 bridgehead atoms. The third-order valence-corrected chi connectivity index (χ3v) is 6.01. The smallest absolute Gasteiger partial charge is 0.303 e. The summed E-state index contributed by atoms with van der Waals surface area (Å²) < 4.78 is 33.1. The van der Waals surface area contributed by atoms with Crippen LogP contribution in [0.5, 0.6) is 0 Å². The molecule has 0 saturated carbocycles. The number of anilines is 1. The normalized spacial score (nSPS) is 22.0. The summed E-state index contributed by atoms with van der Waals surface area (Å²) in [5, 5.41) is 3.40. The quantitative estimate of drug-likeness (QED) is 0.252. The van der Waals surface area contributed by atoms with E-state index in [2.05, 4.69) is 17.2 Å². The summed E-state index contributed by atoms with van der Waals surface area (Å²) in [5.74, 6) is 3.35. The van der Waals surface area contributed by atoms with Gasteiger partial charge in [-0.1, -0.05) is 59.9 Å². The van der Waals surface area contributed by atoms with E-state index in [0.717, 1.165) is 37.6 Å². The number of benzene rings is 2. The van der Waals surface area contributed by atoms with Crippen molar-refractivity contribution in [3.8, 4) is 11.8 Å². The molecular weight excluding hydrogens is 546 g/mol. The summed E-state index contributed by atoms with van der Waals surface area (Å²) >= 11 is 0. The zero-order valence-corrected chi connectivity index (χ0v) is 24.2. The van der Waals surface area contributed by atoms with E-state index in [1.165, 1.54) is 6.92 Å². The molecule has 1 heterocycles. The minimum Gasteiger partial charge on any atom is -0.463 e. The maximum Gasteiger partial charge on any atom is 0.303 e. The van der Waals surface area contributed by atoms with Crippen molar-refractivity contribution < 1.29 is 47.6 Å². The van der Waals surface area contributed by atoms with Gasteiger partial charge in [0.15, 0.2) is 24.6 Å². The minimum atomic E-state index is -1.32. The predicted octanol–water partition coefficient (Wildman–Crippen LogP) is 3.25. The van der Waals surface area contributed by atoms with E-state index >= 15 is 0 Å². The van der Waals surface area contributed by atoms with Crippen LogP contribution in [0, 0.1) is 18.8 Å². The van der Waals surface area contributed by atoms with Gasteiger partial charge in [-0.3, -0.25) is 19.2 Å². The fourth-order valence-electron chi connectivity index (χ4n) is 4.26. The van der Waals surface area contributed by atoms with Crippen LogP contribution >= 0.6 is 0 Å². The van der Waals surface area contributed by atoms with Crippen molar-refractivity contribution in [3.05, 3.63) is 65.7 Å². The fraction of sp³-hybridized carbons (Fsp3) is 0.419. The van der Waals surface area contributed by atoms with Crippen LogP contribution in [-0.4, -0.2) is 67.8 Å². The molecule has 2 aromatic rings. The SMILES string of the molecule is CC(=O)OC[C@H]1O[C@@H](OCC#CC(Nc2ccc(C)cc2)c2ccccc2)[C@H](OC(C)=O)[C@@H](OC(C)=O)[C@@H]1OC(C)=O. The van der Waals surface area contributed by atoms with Gasteiger partial charge in [0.05, 0.1) is 0 Å². The highest BCUT2D eigenvalue weighted by atomic mass is 16.7. The Morgan fingerprint density at radius 1 is 0.810 bits per heavy atom. The maximum absolute atomic E-state index is 12.0. The van der Waals surface area contributed by atoms with Crippen molar-refractivity contribution in [1.82, 2.24) is 0 Å². The highest BCUT2D eigenvalue weighted by molar-refractivity contribution is 5.68. The van der Waals surface area contributed by atoms with Gasteiger partial charge in [0.25, 0.3) is 0 Å². The molecule has 0 aliphatic carbocycles. The number of rotatable bonds is 10. The molecule has 1 saturated heterocycles. The number of aryl methyl sites for hydroxylation is 1. The van der Waals surface area contributed by atoms with Crippen LogP contribution in [0.2, 0.25) is 0 Å². The molecule has 2 aromatic carbocycles. The summed E-state index contributed by atoms with van der Waals surface area (Å²) in [6.45, 7) is 6.15. The highest BCUT2D eigenvalue weighted by Gasteiger charge is 2.52. The molecule has 0 amide bonds. The van der Waals surface area contributed by atoms with E-state index in [4.69, 9.17) is 28.4 Å². The molecular formula is C31H35NO10. The second-order valence-electron chi connectivity index (χ2n) is 9.55. The minimum absolute atomic E-state index is 0.174. The molecule has 6 atom stereocenters. The molecule has 0 radical (unpaired) electrons. The standard InChI is InChI=1S/C31H35NO10/c1-19-13-15-25(16-14-19)32-26(24-10-7-6-8-11-24)12-9-17-37-31-30(41-23(5)36)29(40-22(4)35)28(39-21(3)34)27(42-31)18-38-20(2)33/h6-8,10-11,13-16,26-32H,17-18H2,1-5H3/t26?,27-,28-,29+,30-,31-/m1/s1. The lowest BCUT2D eigenvalue weighted by Gasteiger charge is -2.43. The molecule has 0 aromatic heterocycles. The highest BCUT2D eigenvalue weighted by Crippen LogP contribution is 2.30. The van der Waals surface area contributed by atoms with Crippen LogP contribution in [-0.2, 0) is 47.6 Å². The molecule has 224 valence electrons. The van der Waals surface area contributed by atoms with Crippen LogP contribution in [0.25, 0.3) is 0 Å². The fourth-order valence-corrected chi connectivity index (χ4v) is 4.26. The van der Waals surface area contributed by atoms with Crippen molar-refractivity contribution in [2.45, 2.75) is 71.4 Å². The molecule has 1 fully saturated rings. The number of hydrogen-bond donors (Lipinski definition) is 1. The van der Waals surface area contributed by atoms with E-state index < -0.39 is 54.6 Å². The van der Waals surface area contributed by atoms with Gasteiger partial charge >= 0.3 is 23.9 Å². The van der Waals surface area contributed by atoms with E-state index in [9.17, 15) is 19.2 Å². The molecule has 42 heavy (non-hydrogen) atoms. The van der Waals surface area contributed by atoms with Gasteiger partial charge in [0, 0.05) is 33.4 Å². The first-order valence-electron chi connectivity index (χ1n) is 13.3. The van der Waals surface area contributed by atoms with Crippen LogP contribution in [0.3, 0.4) is 0 Å². The van der Waals surface area contributed by atoms with Crippen molar-refractivity contribution in [1.29, 1.82) is 0 Å². The van der Waals surface area contributed by atoms with Gasteiger partial charge in [-0.25, -0.2) is 0 Å². The third kappa shape index (κ3) is 9.90. The molecule has 1 unspecified atom stereocenters. The first-order valence-corrected chi connectivity index (χ1v) is 13.3. The number of nitrogens with one attached hydrogen (secondary N) is 1. The lowest BCUT2D eigenvalue weighted by molar-refractivity contribution is -0.305. The third-order valence-electron chi connectivity index (χ3n) is 6.01. The Hall–Kier alpha value is -4.40. The van der Waals surface area contributed by atoms with Crippen LogP contribution < -0.4 is 5.32 Å². The molecule has 11 heteroatoms. The summed E-state index contributed by atoms with van der Waals surface area (Å²) in [4.78, 5) is 47.4. The van der Waals surface area contributed by atoms with E-state index in [1.807, 2.05) is 61.5 Å². The van der Waals surface area contributed by atoms with Crippen LogP contribution in [0.4, 0.5) is 5.69 Å². The summed E-state index contributed by atoms with van der Waals surface area (Å²) in [6.07, 6.45) is -6.31. The molecule has 1 aliphatic heterocycles. The van der Waals surface area contributed by atoms with Crippen molar-refractivity contribution >= 4 is 29.6 Å². The Morgan fingerprint density at radius 2 is 1.40 bits per heavy atom. The number of ether oxygens (including phenoxy) is 6. The summed E-state index contributed by atoms with van der Waals surface area (Å²) in [5.41, 5.74) is 2.93. The van der Waals surface area contributed by atoms with Gasteiger partial charge in [-0.2, -0.15) is 0 Å². The van der Waals surface area contributed by atoms with Gasteiger partial charge in [0.2, 0.25) is 0 Å². The van der Waals surface area contributed by atoms with Crippen molar-refractivity contribution in [2.75, 3.05) is 18.5 Å². The molecule has 1 N–H and O–H groups in total. The average molecular weight is 582 g/mol. The van der Waals surface area contributed by atoms with Crippen molar-refractivity contribution in [3.63, 3.8) is 0 Å². The zero-order chi connectivity index (χ0) is 30.6. The molecule has 11 nitrogen and oxygen atoms in total. The summed E-state index contributed by atoms with van der Waals surface area (Å²) in [6, 6.07) is 17.1. The second-order valence-corrected chi connectivity index (χ2v) is 9.55. The van der Waals surface area contributed by atoms with E-state index in [0.29, 0.717) is 0 Å². The monoisotopic (exact) mass is 581 g/mol. The number of carbonyl (C=O) groups excluding carboxylic acids is 4. The Morgan fingerprint density at radius 3 is 2.00 bits per heavy atom.